The highest BCUT2D eigenvalue weighted by Gasteiger charge is 2.22. The Morgan fingerprint density at radius 3 is 2.72 bits per heavy atom. The van der Waals surface area contributed by atoms with Gasteiger partial charge in [-0.1, -0.05) is 0 Å². The molecule has 0 N–H and O–H groups in total. The molecule has 0 radical (unpaired) electrons. The first-order valence-corrected chi connectivity index (χ1v) is 6.32. The fraction of sp³-hybridized carbons (Fsp3) is 0.692. The quantitative estimate of drug-likeness (QED) is 0.770. The van der Waals surface area contributed by atoms with E-state index in [2.05, 4.69) is 5.10 Å². The molecular weight excluding hydrogens is 232 g/mol. The van der Waals surface area contributed by atoms with Crippen LogP contribution in [0.25, 0.3) is 0 Å². The molecule has 0 spiro atoms. The molecule has 100 valence electrons. The topological polar surface area (TPSA) is 53.4 Å². The van der Waals surface area contributed by atoms with Crippen LogP contribution in [0, 0.1) is 0 Å². The van der Waals surface area contributed by atoms with E-state index in [1.165, 1.54) is 4.68 Å². The molecule has 1 fully saturated rings. The molecule has 2 heterocycles. The first-order chi connectivity index (χ1) is 8.46. The number of carbonyl (C=O) groups excluding carboxylic acids is 1. The summed E-state index contributed by atoms with van der Waals surface area (Å²) >= 11 is 0. The largest absolute Gasteiger partial charge is 0.442 e. The van der Waals surface area contributed by atoms with Gasteiger partial charge in [-0.3, -0.25) is 0 Å². The van der Waals surface area contributed by atoms with Crippen LogP contribution in [-0.2, 0) is 9.47 Å². The van der Waals surface area contributed by atoms with Crippen molar-refractivity contribution in [1.29, 1.82) is 0 Å². The van der Waals surface area contributed by atoms with E-state index in [4.69, 9.17) is 9.47 Å². The Labute approximate surface area is 107 Å². The molecule has 0 amide bonds. The Morgan fingerprint density at radius 1 is 1.44 bits per heavy atom. The first kappa shape index (κ1) is 13.1. The molecule has 0 aromatic carbocycles. The van der Waals surface area contributed by atoms with Crippen LogP contribution in [0.3, 0.4) is 0 Å². The van der Waals surface area contributed by atoms with Gasteiger partial charge in [0.25, 0.3) is 0 Å². The lowest BCUT2D eigenvalue weighted by atomic mass is 9.97. The molecule has 2 rings (SSSR count). The van der Waals surface area contributed by atoms with Crippen LogP contribution in [0.4, 0.5) is 4.79 Å². The minimum absolute atomic E-state index is 0.391. The molecule has 1 aromatic rings. The summed E-state index contributed by atoms with van der Waals surface area (Å²) in [5.41, 5.74) is 0.450. The summed E-state index contributed by atoms with van der Waals surface area (Å²) < 4.78 is 11.9. The molecule has 5 nitrogen and oxygen atoms in total. The second kappa shape index (κ2) is 5.10. The maximum absolute atomic E-state index is 11.8. The molecule has 1 aromatic heterocycles. The number of hydrogen-bond acceptors (Lipinski definition) is 4. The predicted octanol–water partition coefficient (Wildman–Crippen LogP) is 2.56. The zero-order valence-electron chi connectivity index (χ0n) is 11.2. The summed E-state index contributed by atoms with van der Waals surface area (Å²) in [6.45, 7) is 7.06. The number of ether oxygens (including phenoxy) is 2. The van der Waals surface area contributed by atoms with Crippen LogP contribution in [0.15, 0.2) is 12.3 Å². The molecule has 0 bridgehead atoms. The highest BCUT2D eigenvalue weighted by molar-refractivity contribution is 5.69. The van der Waals surface area contributed by atoms with Crippen LogP contribution in [-0.4, -0.2) is 34.7 Å². The molecule has 5 heteroatoms. The van der Waals surface area contributed by atoms with Gasteiger partial charge < -0.3 is 9.47 Å². The van der Waals surface area contributed by atoms with Gasteiger partial charge in [-0.05, 0) is 39.7 Å². The van der Waals surface area contributed by atoms with E-state index < -0.39 is 11.7 Å². The van der Waals surface area contributed by atoms with Gasteiger partial charge in [0.15, 0.2) is 0 Å². The second-order valence-electron chi connectivity index (χ2n) is 5.55. The van der Waals surface area contributed by atoms with E-state index >= 15 is 0 Å². The lowest BCUT2D eigenvalue weighted by Gasteiger charge is -2.20. The Kier molecular flexibility index (Phi) is 3.71. The molecule has 0 unspecified atom stereocenters. The van der Waals surface area contributed by atoms with Crippen molar-refractivity contribution in [2.24, 2.45) is 0 Å². The first-order valence-electron chi connectivity index (χ1n) is 6.32. The number of nitrogens with zero attached hydrogens (tertiary/aromatic N) is 2. The minimum Gasteiger partial charge on any atom is -0.442 e. The van der Waals surface area contributed by atoms with Gasteiger partial charge in [0.1, 0.15) is 5.60 Å². The predicted molar refractivity (Wildman–Crippen MR) is 66.7 cm³/mol. The van der Waals surface area contributed by atoms with Gasteiger partial charge in [0.05, 0.1) is 5.69 Å². The monoisotopic (exact) mass is 252 g/mol. The SMILES string of the molecule is CC(C)(C)OC(=O)n1ccc(C2CCOCC2)n1. The van der Waals surface area contributed by atoms with E-state index in [9.17, 15) is 4.79 Å². The van der Waals surface area contributed by atoms with E-state index in [0.29, 0.717) is 5.92 Å². The van der Waals surface area contributed by atoms with Gasteiger partial charge in [0, 0.05) is 25.3 Å². The average Bonchev–Trinajstić information content (AvgIpc) is 2.77. The Morgan fingerprint density at radius 2 is 2.11 bits per heavy atom. The molecule has 0 saturated carbocycles. The summed E-state index contributed by atoms with van der Waals surface area (Å²) in [6, 6.07) is 1.89. The molecule has 18 heavy (non-hydrogen) atoms. The summed E-state index contributed by atoms with van der Waals surface area (Å²) in [7, 11) is 0. The third-order valence-corrected chi connectivity index (χ3v) is 2.83. The fourth-order valence-electron chi connectivity index (χ4n) is 1.96. The summed E-state index contributed by atoms with van der Waals surface area (Å²) in [6.07, 6.45) is 3.16. The molecule has 0 aliphatic carbocycles. The highest BCUT2D eigenvalue weighted by Crippen LogP contribution is 2.25. The fourth-order valence-corrected chi connectivity index (χ4v) is 1.96. The maximum Gasteiger partial charge on any atom is 0.435 e. The Balaban J connectivity index is 2.03. The van der Waals surface area contributed by atoms with Crippen LogP contribution in [0.2, 0.25) is 0 Å². The number of carbonyl (C=O) groups is 1. The van der Waals surface area contributed by atoms with Crippen molar-refractivity contribution >= 4 is 6.09 Å². The minimum atomic E-state index is -0.498. The van der Waals surface area contributed by atoms with E-state index in [0.717, 1.165) is 31.7 Å². The lowest BCUT2D eigenvalue weighted by Crippen LogP contribution is -2.27. The zero-order chi connectivity index (χ0) is 13.2. The third-order valence-electron chi connectivity index (χ3n) is 2.83. The summed E-state index contributed by atoms with van der Waals surface area (Å²) in [5, 5.41) is 4.30. The van der Waals surface area contributed by atoms with Crippen molar-refractivity contribution in [3.8, 4) is 0 Å². The van der Waals surface area contributed by atoms with Crippen LogP contribution in [0.1, 0.15) is 45.2 Å². The normalized spacial score (nSPS) is 17.7. The van der Waals surface area contributed by atoms with E-state index in [1.54, 1.807) is 6.20 Å². The van der Waals surface area contributed by atoms with Crippen LogP contribution in [0.5, 0.6) is 0 Å². The Bertz CT molecular complexity index is 414. The highest BCUT2D eigenvalue weighted by atomic mass is 16.6. The standard InChI is InChI=1S/C13H20N2O3/c1-13(2,3)18-12(16)15-7-4-11(14-15)10-5-8-17-9-6-10/h4,7,10H,5-6,8-9H2,1-3H3. The average molecular weight is 252 g/mol. The second-order valence-corrected chi connectivity index (χ2v) is 5.55. The molecule has 1 saturated heterocycles. The van der Waals surface area contributed by atoms with Crippen molar-refractivity contribution in [2.45, 2.75) is 45.1 Å². The maximum atomic E-state index is 11.8. The Hall–Kier alpha value is -1.36. The zero-order valence-corrected chi connectivity index (χ0v) is 11.2. The van der Waals surface area contributed by atoms with Gasteiger partial charge >= 0.3 is 6.09 Å². The van der Waals surface area contributed by atoms with Crippen molar-refractivity contribution < 1.29 is 14.3 Å². The molecule has 1 aliphatic heterocycles. The summed E-state index contributed by atoms with van der Waals surface area (Å²) in [4.78, 5) is 11.8. The van der Waals surface area contributed by atoms with Crippen molar-refractivity contribution in [3.63, 3.8) is 0 Å². The smallest absolute Gasteiger partial charge is 0.435 e. The van der Waals surface area contributed by atoms with Crippen molar-refractivity contribution in [2.75, 3.05) is 13.2 Å². The number of hydrogen-bond donors (Lipinski definition) is 0. The van der Waals surface area contributed by atoms with E-state index in [1.807, 2.05) is 26.8 Å². The van der Waals surface area contributed by atoms with Gasteiger partial charge in [-0.2, -0.15) is 9.78 Å². The van der Waals surface area contributed by atoms with E-state index in [-0.39, 0.29) is 0 Å². The molecule has 1 aliphatic rings. The third kappa shape index (κ3) is 3.32. The summed E-state index contributed by atoms with van der Waals surface area (Å²) in [5.74, 6) is 0.391. The van der Waals surface area contributed by atoms with Crippen LogP contribution >= 0.6 is 0 Å². The molecular formula is C13H20N2O3. The van der Waals surface area contributed by atoms with Crippen LogP contribution < -0.4 is 0 Å². The lowest BCUT2D eigenvalue weighted by molar-refractivity contribution is 0.0512. The van der Waals surface area contributed by atoms with Gasteiger partial charge in [0.2, 0.25) is 0 Å². The number of rotatable bonds is 1. The van der Waals surface area contributed by atoms with Crippen molar-refractivity contribution in [1.82, 2.24) is 9.78 Å². The van der Waals surface area contributed by atoms with Gasteiger partial charge in [-0.25, -0.2) is 4.79 Å². The van der Waals surface area contributed by atoms with Gasteiger partial charge in [-0.15, -0.1) is 0 Å². The van der Waals surface area contributed by atoms with Crippen molar-refractivity contribution in [3.05, 3.63) is 18.0 Å². The molecule has 0 atom stereocenters. The number of aromatic nitrogens is 2.